The number of carbonyl (C=O) groups excluding carboxylic acids is 1. The monoisotopic (exact) mass is 270 g/mol. The van der Waals surface area contributed by atoms with Crippen LogP contribution in [0.1, 0.15) is 46.6 Å². The molecular weight excluding hydrogens is 252 g/mol. The van der Waals surface area contributed by atoms with Crippen LogP contribution in [-0.2, 0) is 17.6 Å². The summed E-state index contributed by atoms with van der Waals surface area (Å²) in [5, 5.41) is 7.13. The fourth-order valence-electron chi connectivity index (χ4n) is 2.87. The molecule has 0 saturated carbocycles. The molecule has 1 N–H and O–H groups in total. The summed E-state index contributed by atoms with van der Waals surface area (Å²) >= 11 is 0. The Hall–Kier alpha value is -2.10. The van der Waals surface area contributed by atoms with E-state index in [4.69, 9.17) is 4.74 Å². The number of fused-ring (bicyclic) bond motifs is 1. The van der Waals surface area contributed by atoms with Crippen LogP contribution in [0.2, 0.25) is 0 Å². The minimum absolute atomic E-state index is 0.321. The van der Waals surface area contributed by atoms with Crippen molar-refractivity contribution in [3.8, 4) is 0 Å². The van der Waals surface area contributed by atoms with Crippen molar-refractivity contribution in [2.24, 2.45) is 0 Å². The maximum Gasteiger partial charge on any atom is 0.359 e. The van der Waals surface area contributed by atoms with E-state index in [1.54, 1.807) is 0 Å². The number of hydrogen-bond donors (Lipinski definition) is 1. The van der Waals surface area contributed by atoms with Gasteiger partial charge in [0.2, 0.25) is 0 Å². The quantitative estimate of drug-likeness (QED) is 0.872. The number of aromatic nitrogens is 2. The number of carbonyl (C=O) groups is 1. The van der Waals surface area contributed by atoms with E-state index >= 15 is 0 Å². The third-order valence-electron chi connectivity index (χ3n) is 3.89. The van der Waals surface area contributed by atoms with Crippen LogP contribution in [0.4, 0.5) is 0 Å². The second kappa shape index (κ2) is 5.49. The van der Waals surface area contributed by atoms with Crippen LogP contribution in [0.5, 0.6) is 0 Å². The van der Waals surface area contributed by atoms with Gasteiger partial charge in [-0.3, -0.25) is 5.10 Å². The molecule has 104 valence electrons. The Labute approximate surface area is 118 Å². The number of benzene rings is 1. The fourth-order valence-corrected chi connectivity index (χ4v) is 2.87. The summed E-state index contributed by atoms with van der Waals surface area (Å²) in [6, 6.07) is 10.5. The maximum atomic E-state index is 11.9. The molecule has 4 heteroatoms. The number of esters is 1. The second-order valence-corrected chi connectivity index (χ2v) is 5.10. The minimum atomic E-state index is -0.321. The highest BCUT2D eigenvalue weighted by Gasteiger charge is 2.27. The number of nitrogens with zero attached hydrogens (tertiary/aromatic N) is 1. The average molecular weight is 270 g/mol. The predicted octanol–water partition coefficient (Wildman–Crippen LogP) is 2.86. The summed E-state index contributed by atoms with van der Waals surface area (Å²) in [6.45, 7) is 2.19. The molecule has 0 aliphatic heterocycles. The van der Waals surface area contributed by atoms with Crippen molar-refractivity contribution < 1.29 is 9.53 Å². The molecular formula is C16H18N2O2. The predicted molar refractivity (Wildman–Crippen MR) is 75.8 cm³/mol. The van der Waals surface area contributed by atoms with Crippen molar-refractivity contribution in [3.63, 3.8) is 0 Å². The summed E-state index contributed by atoms with van der Waals surface area (Å²) in [5.74, 6) is 0.133. The lowest BCUT2D eigenvalue weighted by atomic mass is 9.82. The van der Waals surface area contributed by atoms with Gasteiger partial charge in [0.1, 0.15) is 0 Å². The zero-order valence-corrected chi connectivity index (χ0v) is 11.6. The molecule has 2 aromatic rings. The molecule has 1 aliphatic carbocycles. The second-order valence-electron chi connectivity index (χ2n) is 5.10. The van der Waals surface area contributed by atoms with Crippen molar-refractivity contribution in [2.75, 3.05) is 6.61 Å². The number of hydrogen-bond acceptors (Lipinski definition) is 3. The highest BCUT2D eigenvalue weighted by atomic mass is 16.5. The first-order chi connectivity index (χ1) is 9.79. The molecule has 1 aliphatic rings. The van der Waals surface area contributed by atoms with Crippen LogP contribution in [-0.4, -0.2) is 22.8 Å². The van der Waals surface area contributed by atoms with E-state index < -0.39 is 0 Å². The van der Waals surface area contributed by atoms with Crippen LogP contribution in [0, 0.1) is 0 Å². The van der Waals surface area contributed by atoms with Gasteiger partial charge in [-0.2, -0.15) is 5.10 Å². The molecule has 0 spiro atoms. The molecule has 0 fully saturated rings. The Kier molecular flexibility index (Phi) is 3.54. The van der Waals surface area contributed by atoms with Crippen LogP contribution < -0.4 is 0 Å². The molecule has 4 nitrogen and oxygen atoms in total. The van der Waals surface area contributed by atoms with Crippen molar-refractivity contribution in [1.29, 1.82) is 0 Å². The lowest BCUT2D eigenvalue weighted by molar-refractivity contribution is 0.0518. The van der Waals surface area contributed by atoms with Gasteiger partial charge in [0, 0.05) is 11.3 Å². The topological polar surface area (TPSA) is 55.0 Å². The van der Waals surface area contributed by atoms with Gasteiger partial charge in [-0.05, 0) is 37.7 Å². The summed E-state index contributed by atoms with van der Waals surface area (Å²) in [5.41, 5.74) is 3.90. The van der Waals surface area contributed by atoms with Gasteiger partial charge in [0.05, 0.1) is 6.61 Å². The highest BCUT2D eigenvalue weighted by Crippen LogP contribution is 2.33. The van der Waals surface area contributed by atoms with Gasteiger partial charge in [0.15, 0.2) is 5.69 Å². The van der Waals surface area contributed by atoms with Gasteiger partial charge in [0.25, 0.3) is 0 Å². The zero-order chi connectivity index (χ0) is 13.9. The van der Waals surface area contributed by atoms with Crippen molar-refractivity contribution >= 4 is 5.97 Å². The van der Waals surface area contributed by atoms with Crippen LogP contribution in [0.25, 0.3) is 0 Å². The molecule has 1 aromatic heterocycles. The first kappa shape index (κ1) is 12.9. The smallest absolute Gasteiger partial charge is 0.359 e. The number of rotatable bonds is 3. The lowest BCUT2D eigenvalue weighted by Crippen LogP contribution is -2.15. The molecule has 0 amide bonds. The first-order valence-corrected chi connectivity index (χ1v) is 7.07. The Balaban J connectivity index is 1.86. The number of ether oxygens (including phenoxy) is 1. The molecule has 3 rings (SSSR count). The Morgan fingerprint density at radius 1 is 1.40 bits per heavy atom. The third kappa shape index (κ3) is 2.33. The third-order valence-corrected chi connectivity index (χ3v) is 3.89. The normalized spacial score (nSPS) is 17.6. The summed E-state index contributed by atoms with van der Waals surface area (Å²) < 4.78 is 5.07. The molecule has 0 bridgehead atoms. The van der Waals surface area contributed by atoms with Gasteiger partial charge in [-0.15, -0.1) is 0 Å². The number of H-pyrrole nitrogens is 1. The molecule has 1 atom stereocenters. The van der Waals surface area contributed by atoms with Crippen molar-refractivity contribution in [3.05, 3.63) is 52.8 Å². The minimum Gasteiger partial charge on any atom is -0.461 e. The van der Waals surface area contributed by atoms with Crippen molar-refractivity contribution in [2.45, 2.75) is 32.1 Å². The zero-order valence-electron chi connectivity index (χ0n) is 11.6. The summed E-state index contributed by atoms with van der Waals surface area (Å²) in [7, 11) is 0. The maximum absolute atomic E-state index is 11.9. The van der Waals surface area contributed by atoms with Gasteiger partial charge < -0.3 is 4.74 Å². The Bertz CT molecular complexity index is 604. The van der Waals surface area contributed by atoms with E-state index in [0.717, 1.165) is 30.5 Å². The summed E-state index contributed by atoms with van der Waals surface area (Å²) in [4.78, 5) is 11.9. The first-order valence-electron chi connectivity index (χ1n) is 7.07. The standard InChI is InChI=1S/C16H18N2O2/c1-2-20-16(19)15-13-10-12(8-9-14(13)17-18-15)11-6-4-3-5-7-11/h3-7,12H,2,8-10H2,1H3,(H,17,18). The average Bonchev–Trinajstić information content (AvgIpc) is 2.91. The number of nitrogens with one attached hydrogen (secondary N) is 1. The largest absolute Gasteiger partial charge is 0.461 e. The van der Waals surface area contributed by atoms with Crippen molar-refractivity contribution in [1.82, 2.24) is 10.2 Å². The van der Waals surface area contributed by atoms with Gasteiger partial charge >= 0.3 is 5.97 Å². The Morgan fingerprint density at radius 3 is 2.95 bits per heavy atom. The number of aryl methyl sites for hydroxylation is 1. The summed E-state index contributed by atoms with van der Waals surface area (Å²) in [6.07, 6.45) is 2.87. The van der Waals surface area contributed by atoms with Crippen LogP contribution in [0.15, 0.2) is 30.3 Å². The molecule has 1 unspecified atom stereocenters. The van der Waals surface area contributed by atoms with E-state index in [1.165, 1.54) is 5.56 Å². The van der Waals surface area contributed by atoms with E-state index in [0.29, 0.717) is 18.2 Å². The van der Waals surface area contributed by atoms with E-state index in [9.17, 15) is 4.79 Å². The fraction of sp³-hybridized carbons (Fsp3) is 0.375. The molecule has 1 aromatic carbocycles. The molecule has 0 radical (unpaired) electrons. The van der Waals surface area contributed by atoms with Crippen LogP contribution in [0.3, 0.4) is 0 Å². The lowest BCUT2D eigenvalue weighted by Gasteiger charge is -2.22. The molecule has 1 heterocycles. The van der Waals surface area contributed by atoms with Gasteiger partial charge in [-0.25, -0.2) is 4.79 Å². The molecule has 20 heavy (non-hydrogen) atoms. The Morgan fingerprint density at radius 2 is 2.20 bits per heavy atom. The SMILES string of the molecule is CCOC(=O)c1n[nH]c2c1CC(c1ccccc1)CC2. The van der Waals surface area contributed by atoms with Gasteiger partial charge in [-0.1, -0.05) is 30.3 Å². The van der Waals surface area contributed by atoms with E-state index in [2.05, 4.69) is 34.5 Å². The van der Waals surface area contributed by atoms with Crippen LogP contribution >= 0.6 is 0 Å². The number of aromatic amines is 1. The molecule has 0 saturated heterocycles. The van der Waals surface area contributed by atoms with E-state index in [-0.39, 0.29) is 5.97 Å². The highest BCUT2D eigenvalue weighted by molar-refractivity contribution is 5.89. The van der Waals surface area contributed by atoms with E-state index in [1.807, 2.05) is 13.0 Å².